The van der Waals surface area contributed by atoms with Gasteiger partial charge < -0.3 is 5.11 Å². The second-order valence-electron chi connectivity index (χ2n) is 3.91. The Bertz CT molecular complexity index is 519. The maximum Gasteiger partial charge on any atom is 0.307 e. The first kappa shape index (κ1) is 14.4. The molecule has 0 fully saturated rings. The van der Waals surface area contributed by atoms with Crippen LogP contribution < -0.4 is 0 Å². The number of ketones is 1. The lowest BCUT2D eigenvalue weighted by Gasteiger charge is -2.12. The maximum absolute atomic E-state index is 11.3. The van der Waals surface area contributed by atoms with Gasteiger partial charge in [0.1, 0.15) is 5.78 Å². The number of carboxylic acid groups (broad SMARTS) is 1. The predicted octanol–water partition coefficient (Wildman–Crippen LogP) is 2.40. The highest BCUT2D eigenvalue weighted by Gasteiger charge is 2.17. The van der Waals surface area contributed by atoms with Crippen LogP contribution in [0.15, 0.2) is 18.2 Å². The zero-order valence-electron chi connectivity index (χ0n) is 9.81. The molecule has 0 saturated carbocycles. The molecule has 94 valence electrons. The van der Waals surface area contributed by atoms with Crippen LogP contribution in [0.25, 0.3) is 0 Å². The predicted molar refractivity (Wildman–Crippen MR) is 69.4 cm³/mol. The SMILES string of the molecule is CC(=O)C(Br)c1ccc(CC(=O)O)cc1CC#N. The molecule has 0 amide bonds. The summed E-state index contributed by atoms with van der Waals surface area (Å²) in [4.78, 5) is 21.5. The fraction of sp³-hybridized carbons (Fsp3) is 0.308. The van der Waals surface area contributed by atoms with Crippen LogP contribution in [0.3, 0.4) is 0 Å². The molecule has 0 aliphatic heterocycles. The fourth-order valence-corrected chi connectivity index (χ4v) is 2.09. The van der Waals surface area contributed by atoms with Crippen molar-refractivity contribution < 1.29 is 14.7 Å². The molecule has 0 radical (unpaired) electrons. The molecular formula is C13H12BrNO3. The molecule has 18 heavy (non-hydrogen) atoms. The van der Waals surface area contributed by atoms with Crippen molar-refractivity contribution in [3.8, 4) is 6.07 Å². The Kier molecular flexibility index (Phi) is 5.05. The number of alkyl halides is 1. The molecule has 0 aromatic heterocycles. The smallest absolute Gasteiger partial charge is 0.307 e. The fourth-order valence-electron chi connectivity index (χ4n) is 1.65. The molecule has 0 spiro atoms. The summed E-state index contributed by atoms with van der Waals surface area (Å²) in [6, 6.07) is 7.06. The summed E-state index contributed by atoms with van der Waals surface area (Å²) in [6.45, 7) is 1.46. The number of nitriles is 1. The molecule has 4 nitrogen and oxygen atoms in total. The Morgan fingerprint density at radius 1 is 1.50 bits per heavy atom. The number of aliphatic carboxylic acids is 1. The van der Waals surface area contributed by atoms with Crippen molar-refractivity contribution in [2.75, 3.05) is 0 Å². The first-order valence-electron chi connectivity index (χ1n) is 5.30. The van der Waals surface area contributed by atoms with Crippen molar-refractivity contribution in [3.63, 3.8) is 0 Å². The highest BCUT2D eigenvalue weighted by atomic mass is 79.9. The summed E-state index contributed by atoms with van der Waals surface area (Å²) < 4.78 is 0. The van der Waals surface area contributed by atoms with Crippen LogP contribution in [0.5, 0.6) is 0 Å². The standard InChI is InChI=1S/C13H12BrNO3/c1-8(16)13(14)11-3-2-9(7-12(17)18)6-10(11)4-5-15/h2-3,6,13H,4,7H2,1H3,(H,17,18). The second kappa shape index (κ2) is 6.31. The van der Waals surface area contributed by atoms with Gasteiger partial charge in [-0.1, -0.05) is 34.1 Å². The molecule has 1 N–H and O–H groups in total. The zero-order valence-corrected chi connectivity index (χ0v) is 11.4. The van der Waals surface area contributed by atoms with Gasteiger partial charge in [0.05, 0.1) is 23.7 Å². The van der Waals surface area contributed by atoms with Gasteiger partial charge in [0.2, 0.25) is 0 Å². The van der Waals surface area contributed by atoms with E-state index in [1.807, 2.05) is 6.07 Å². The molecule has 1 aromatic rings. The van der Waals surface area contributed by atoms with Crippen LogP contribution in [-0.4, -0.2) is 16.9 Å². The Hall–Kier alpha value is -1.67. The van der Waals surface area contributed by atoms with Gasteiger partial charge in [-0.3, -0.25) is 9.59 Å². The molecule has 0 heterocycles. The molecule has 0 bridgehead atoms. The Balaban J connectivity index is 3.16. The van der Waals surface area contributed by atoms with Crippen LogP contribution in [-0.2, 0) is 22.4 Å². The minimum atomic E-state index is -0.924. The van der Waals surface area contributed by atoms with Gasteiger partial charge in [0, 0.05) is 0 Å². The van der Waals surface area contributed by atoms with Crippen molar-refractivity contribution in [2.45, 2.75) is 24.6 Å². The van der Waals surface area contributed by atoms with E-state index >= 15 is 0 Å². The monoisotopic (exact) mass is 309 g/mol. The van der Waals surface area contributed by atoms with Crippen LogP contribution in [0.1, 0.15) is 28.4 Å². The number of nitrogens with zero attached hydrogens (tertiary/aromatic N) is 1. The van der Waals surface area contributed by atoms with E-state index in [0.29, 0.717) is 11.1 Å². The molecule has 1 unspecified atom stereocenters. The molecule has 5 heteroatoms. The summed E-state index contributed by atoms with van der Waals surface area (Å²) in [7, 11) is 0. The zero-order chi connectivity index (χ0) is 13.7. The van der Waals surface area contributed by atoms with E-state index in [-0.39, 0.29) is 18.6 Å². The third kappa shape index (κ3) is 3.67. The number of carbonyl (C=O) groups is 2. The topological polar surface area (TPSA) is 78.2 Å². The Labute approximate surface area is 113 Å². The third-order valence-electron chi connectivity index (χ3n) is 2.46. The molecule has 1 rings (SSSR count). The van der Waals surface area contributed by atoms with E-state index in [1.54, 1.807) is 18.2 Å². The Morgan fingerprint density at radius 2 is 2.17 bits per heavy atom. The number of hydrogen-bond acceptors (Lipinski definition) is 3. The normalized spacial score (nSPS) is 11.6. The van der Waals surface area contributed by atoms with E-state index in [4.69, 9.17) is 10.4 Å². The van der Waals surface area contributed by atoms with Crippen molar-refractivity contribution >= 4 is 27.7 Å². The van der Waals surface area contributed by atoms with Crippen molar-refractivity contribution in [2.24, 2.45) is 0 Å². The second-order valence-corrected chi connectivity index (χ2v) is 4.83. The summed E-state index contributed by atoms with van der Waals surface area (Å²) >= 11 is 3.27. The largest absolute Gasteiger partial charge is 0.481 e. The lowest BCUT2D eigenvalue weighted by molar-refractivity contribution is -0.136. The maximum atomic E-state index is 11.3. The molecule has 1 aromatic carbocycles. The first-order chi connectivity index (χ1) is 8.45. The minimum Gasteiger partial charge on any atom is -0.481 e. The number of halogens is 1. The Morgan fingerprint density at radius 3 is 2.67 bits per heavy atom. The van der Waals surface area contributed by atoms with Crippen LogP contribution in [0.4, 0.5) is 0 Å². The van der Waals surface area contributed by atoms with Crippen molar-refractivity contribution in [3.05, 3.63) is 34.9 Å². The van der Waals surface area contributed by atoms with Crippen LogP contribution in [0, 0.1) is 11.3 Å². The van der Waals surface area contributed by atoms with E-state index < -0.39 is 10.8 Å². The van der Waals surface area contributed by atoms with Gasteiger partial charge in [0.15, 0.2) is 0 Å². The van der Waals surface area contributed by atoms with Crippen molar-refractivity contribution in [1.82, 2.24) is 0 Å². The highest BCUT2D eigenvalue weighted by molar-refractivity contribution is 9.09. The molecule has 0 aliphatic carbocycles. The molecule has 1 atom stereocenters. The molecule has 0 aliphatic rings. The van der Waals surface area contributed by atoms with Crippen LogP contribution >= 0.6 is 15.9 Å². The van der Waals surface area contributed by atoms with E-state index in [2.05, 4.69) is 15.9 Å². The third-order valence-corrected chi connectivity index (χ3v) is 3.60. The average molecular weight is 310 g/mol. The average Bonchev–Trinajstić information content (AvgIpc) is 2.28. The number of hydrogen-bond donors (Lipinski definition) is 1. The lowest BCUT2D eigenvalue weighted by atomic mass is 9.97. The lowest BCUT2D eigenvalue weighted by Crippen LogP contribution is -2.07. The summed E-state index contributed by atoms with van der Waals surface area (Å²) in [6.07, 6.45) is 0.0594. The number of carbonyl (C=O) groups excluding carboxylic acids is 1. The first-order valence-corrected chi connectivity index (χ1v) is 6.22. The minimum absolute atomic E-state index is 0.0554. The molecule has 0 saturated heterocycles. The summed E-state index contributed by atoms with van der Waals surface area (Å²) in [5.41, 5.74) is 2.03. The van der Waals surface area contributed by atoms with Gasteiger partial charge in [-0.15, -0.1) is 0 Å². The van der Waals surface area contributed by atoms with Crippen molar-refractivity contribution in [1.29, 1.82) is 5.26 Å². The van der Waals surface area contributed by atoms with Gasteiger partial charge >= 0.3 is 5.97 Å². The van der Waals surface area contributed by atoms with Crippen LogP contribution in [0.2, 0.25) is 0 Å². The van der Waals surface area contributed by atoms with Gasteiger partial charge in [0.25, 0.3) is 0 Å². The number of benzene rings is 1. The summed E-state index contributed by atoms with van der Waals surface area (Å²) in [5.74, 6) is -0.979. The van der Waals surface area contributed by atoms with E-state index in [9.17, 15) is 9.59 Å². The van der Waals surface area contributed by atoms with Gasteiger partial charge in [-0.2, -0.15) is 5.26 Å². The number of carboxylic acids is 1. The highest BCUT2D eigenvalue weighted by Crippen LogP contribution is 2.28. The number of Topliss-reactive ketones (excluding diaryl/α,β-unsaturated/α-hetero) is 1. The molecular weight excluding hydrogens is 298 g/mol. The van der Waals surface area contributed by atoms with E-state index in [0.717, 1.165) is 5.56 Å². The van der Waals surface area contributed by atoms with Gasteiger partial charge in [-0.25, -0.2) is 0 Å². The quantitative estimate of drug-likeness (QED) is 0.847. The number of rotatable bonds is 5. The summed E-state index contributed by atoms with van der Waals surface area (Å²) in [5, 5.41) is 17.5. The van der Waals surface area contributed by atoms with Gasteiger partial charge in [-0.05, 0) is 23.6 Å². The van der Waals surface area contributed by atoms with E-state index in [1.165, 1.54) is 6.92 Å².